The van der Waals surface area contributed by atoms with Crippen LogP contribution in [-0.4, -0.2) is 67.4 Å². The predicted octanol–water partition coefficient (Wildman–Crippen LogP) is 4.37. The molecular weight excluding hydrogens is 489 g/mol. The lowest BCUT2D eigenvalue weighted by atomic mass is 9.69. The van der Waals surface area contributed by atoms with E-state index in [0.717, 1.165) is 0 Å². The number of hydrogen-bond donors (Lipinski definition) is 0. The summed E-state index contributed by atoms with van der Waals surface area (Å²) in [6.07, 6.45) is -4.37. The summed E-state index contributed by atoms with van der Waals surface area (Å²) in [6.45, 7) is 1.81. The average molecular weight is 521 g/mol. The first-order valence-corrected chi connectivity index (χ1v) is 12.9. The Kier molecular flexibility index (Phi) is 6.55. The number of alkyl halides is 4. The van der Waals surface area contributed by atoms with Crippen LogP contribution < -0.4 is 0 Å². The molecule has 10 heteroatoms. The number of ketones is 2. The molecule has 35 heavy (non-hydrogen) atoms. The molecule has 0 bridgehead atoms. The van der Waals surface area contributed by atoms with E-state index in [2.05, 4.69) is 0 Å². The number of ether oxygens (including phenoxy) is 4. The molecule has 2 heterocycles. The number of methoxy groups -OCH3 is 2. The van der Waals surface area contributed by atoms with Crippen molar-refractivity contribution >= 4 is 23.2 Å². The first kappa shape index (κ1) is 25.5. The van der Waals surface area contributed by atoms with Crippen LogP contribution in [0.4, 0.5) is 13.2 Å². The summed E-state index contributed by atoms with van der Waals surface area (Å²) in [4.78, 5) is 27.1. The van der Waals surface area contributed by atoms with Crippen LogP contribution in [0.15, 0.2) is 11.3 Å². The van der Waals surface area contributed by atoms with Crippen molar-refractivity contribution < 1.29 is 41.7 Å². The van der Waals surface area contributed by atoms with Crippen LogP contribution >= 0.6 is 11.6 Å². The highest BCUT2D eigenvalue weighted by atomic mass is 35.5. The van der Waals surface area contributed by atoms with E-state index in [9.17, 15) is 22.8 Å². The molecule has 2 saturated carbocycles. The highest BCUT2D eigenvalue weighted by Crippen LogP contribution is 2.56. The maximum Gasteiger partial charge on any atom is 0.391 e. The zero-order valence-electron chi connectivity index (χ0n) is 20.1. The van der Waals surface area contributed by atoms with Gasteiger partial charge >= 0.3 is 6.18 Å². The summed E-state index contributed by atoms with van der Waals surface area (Å²) in [5, 5.41) is -0.580. The lowest BCUT2D eigenvalue weighted by Gasteiger charge is -2.39. The number of hydrogen-bond acceptors (Lipinski definition) is 6. The molecule has 0 amide bonds. The van der Waals surface area contributed by atoms with Crippen LogP contribution in [0.2, 0.25) is 0 Å². The Morgan fingerprint density at radius 2 is 1.69 bits per heavy atom. The Balaban J connectivity index is 1.43. The zero-order valence-corrected chi connectivity index (χ0v) is 20.9. The summed E-state index contributed by atoms with van der Waals surface area (Å²) < 4.78 is 63.5. The highest BCUT2D eigenvalue weighted by molar-refractivity contribution is 6.22. The number of rotatable bonds is 3. The summed E-state index contributed by atoms with van der Waals surface area (Å²) in [5.41, 5.74) is -0.996. The van der Waals surface area contributed by atoms with Crippen LogP contribution in [-0.2, 0) is 28.5 Å². The van der Waals surface area contributed by atoms with Gasteiger partial charge in [-0.15, -0.1) is 11.6 Å². The second kappa shape index (κ2) is 8.99. The Labute approximate surface area is 207 Å². The molecule has 1 saturated heterocycles. The molecule has 0 N–H and O–H groups in total. The molecule has 0 aromatic carbocycles. The van der Waals surface area contributed by atoms with Crippen molar-refractivity contribution in [2.24, 2.45) is 23.7 Å². The van der Waals surface area contributed by atoms with Crippen LogP contribution in [0, 0.1) is 23.7 Å². The van der Waals surface area contributed by atoms with Gasteiger partial charge in [0.2, 0.25) is 0 Å². The number of fused-ring (bicyclic) bond motifs is 2. The third kappa shape index (κ3) is 3.87. The van der Waals surface area contributed by atoms with Gasteiger partial charge in [0, 0.05) is 45.0 Å². The van der Waals surface area contributed by atoms with E-state index in [4.69, 9.17) is 30.5 Å². The number of halogens is 4. The van der Waals surface area contributed by atoms with E-state index in [1.165, 1.54) is 0 Å². The Bertz CT molecular complexity index is 913. The third-order valence-corrected chi connectivity index (χ3v) is 9.58. The Morgan fingerprint density at radius 3 is 2.29 bits per heavy atom. The Hall–Kier alpha value is -1.16. The lowest BCUT2D eigenvalue weighted by Crippen LogP contribution is -2.52. The van der Waals surface area contributed by atoms with Gasteiger partial charge in [-0.25, -0.2) is 0 Å². The van der Waals surface area contributed by atoms with Gasteiger partial charge < -0.3 is 18.9 Å². The van der Waals surface area contributed by atoms with E-state index in [-0.39, 0.29) is 48.6 Å². The summed E-state index contributed by atoms with van der Waals surface area (Å²) in [6, 6.07) is 0. The van der Waals surface area contributed by atoms with Crippen LogP contribution in [0.3, 0.4) is 0 Å². The van der Waals surface area contributed by atoms with Gasteiger partial charge in [-0.2, -0.15) is 13.2 Å². The predicted molar refractivity (Wildman–Crippen MR) is 119 cm³/mol. The van der Waals surface area contributed by atoms with E-state index in [1.807, 2.05) is 0 Å². The van der Waals surface area contributed by atoms with Crippen molar-refractivity contribution in [2.45, 2.75) is 93.4 Å². The molecule has 6 nitrogen and oxygen atoms in total. The summed E-state index contributed by atoms with van der Waals surface area (Å²) in [5.74, 6) is -2.50. The normalized spacial score (nSPS) is 46.1. The van der Waals surface area contributed by atoms with Gasteiger partial charge in [-0.3, -0.25) is 9.59 Å². The molecule has 0 aromatic heterocycles. The maximum absolute atomic E-state index is 14.1. The van der Waals surface area contributed by atoms with Crippen molar-refractivity contribution in [3.05, 3.63) is 11.3 Å². The molecule has 0 radical (unpaired) electrons. The van der Waals surface area contributed by atoms with Gasteiger partial charge in [0.1, 0.15) is 11.9 Å². The fourth-order valence-corrected chi connectivity index (χ4v) is 7.47. The van der Waals surface area contributed by atoms with Gasteiger partial charge in [0.15, 0.2) is 17.2 Å². The summed E-state index contributed by atoms with van der Waals surface area (Å²) >= 11 is 6.72. The minimum Gasteiger partial charge on any atom is -0.490 e. The SMILES string of the molecule is COC1CC(OC)C2C(=O)[C@@]3(OC2C1Cl)C1=C(C[C@H](C2CCC(C(F)(F)F)CC2)O1)C(=O)C[C@H]3C. The topological polar surface area (TPSA) is 71.1 Å². The molecule has 0 aromatic rings. The van der Waals surface area contributed by atoms with Gasteiger partial charge in [0.05, 0.1) is 35.5 Å². The molecule has 1 spiro atoms. The van der Waals surface area contributed by atoms with E-state index < -0.39 is 53.2 Å². The standard InChI is InChI=1S/C25H32ClF3O6/c1-11-8-15(30)14-9-16(12-4-6-13(7-5-12)25(27,28)29)34-23(14)24(11)22(31)19-17(32-2)10-18(33-3)20(26)21(19)35-24/h11-13,16-21H,4-10H2,1-3H3/t11-,12?,13?,16-,17?,18?,19?,20?,21?,24-/m1/s1. The van der Waals surface area contributed by atoms with Crippen molar-refractivity contribution in [1.82, 2.24) is 0 Å². The second-order valence-corrected chi connectivity index (χ2v) is 11.3. The molecule has 5 unspecified atom stereocenters. The number of Topliss-reactive ketones (excluding diaryl/α,β-unsaturated/α-hetero) is 2. The second-order valence-electron chi connectivity index (χ2n) is 10.8. The number of carbonyl (C=O) groups excluding carboxylic acids is 2. The lowest BCUT2D eigenvalue weighted by molar-refractivity contribution is -0.186. The first-order chi connectivity index (χ1) is 16.5. The molecule has 2 aliphatic heterocycles. The molecule has 3 aliphatic carbocycles. The average Bonchev–Trinajstić information content (AvgIpc) is 3.40. The minimum absolute atomic E-state index is 0.0512. The minimum atomic E-state index is -4.19. The van der Waals surface area contributed by atoms with Gasteiger partial charge in [-0.05, 0) is 31.6 Å². The van der Waals surface area contributed by atoms with Crippen LogP contribution in [0.1, 0.15) is 51.9 Å². The fourth-order valence-electron chi connectivity index (χ4n) is 7.06. The van der Waals surface area contributed by atoms with Crippen LogP contribution in [0.5, 0.6) is 0 Å². The van der Waals surface area contributed by atoms with E-state index >= 15 is 0 Å². The van der Waals surface area contributed by atoms with Crippen molar-refractivity contribution in [2.75, 3.05) is 14.2 Å². The van der Waals surface area contributed by atoms with E-state index in [0.29, 0.717) is 31.3 Å². The molecule has 5 aliphatic rings. The van der Waals surface area contributed by atoms with Gasteiger partial charge in [0.25, 0.3) is 0 Å². The summed E-state index contributed by atoms with van der Waals surface area (Å²) in [7, 11) is 3.10. The van der Waals surface area contributed by atoms with E-state index in [1.54, 1.807) is 21.1 Å². The molecular formula is C25H32ClF3O6. The fraction of sp³-hybridized carbons (Fsp3) is 0.840. The Morgan fingerprint density at radius 1 is 1.03 bits per heavy atom. The molecule has 8 atom stereocenters. The third-order valence-electron chi connectivity index (χ3n) is 9.05. The largest absolute Gasteiger partial charge is 0.490 e. The van der Waals surface area contributed by atoms with Crippen LogP contribution in [0.25, 0.3) is 0 Å². The smallest absolute Gasteiger partial charge is 0.391 e. The highest BCUT2D eigenvalue weighted by Gasteiger charge is 2.69. The molecule has 5 rings (SSSR count). The first-order valence-electron chi connectivity index (χ1n) is 12.4. The van der Waals surface area contributed by atoms with Gasteiger partial charge in [-0.1, -0.05) is 6.92 Å². The monoisotopic (exact) mass is 520 g/mol. The van der Waals surface area contributed by atoms with Crippen molar-refractivity contribution in [3.63, 3.8) is 0 Å². The quantitative estimate of drug-likeness (QED) is 0.515. The maximum atomic E-state index is 14.1. The van der Waals surface area contributed by atoms with Crippen molar-refractivity contribution in [1.29, 1.82) is 0 Å². The molecule has 196 valence electrons. The molecule has 3 fully saturated rings. The zero-order chi connectivity index (χ0) is 25.3. The van der Waals surface area contributed by atoms with Crippen molar-refractivity contribution in [3.8, 4) is 0 Å². The number of carbonyl (C=O) groups is 2.